The standard InChI is InChI=1S/C38H26Cl2N4O2S2/c39-31-11-14-47-36(31)35(45)34-26(19-42)9-8-25(17-23-4-3-5-24(16-23)18-41)30(34)22-44-21-29(28-6-1-2-7-33(28)44)27-10-13-43(20-27)38(46)37-32(40)12-15-48-37/h1-9,11-12,14-16,21,27H,10,13,17,20,22H2. The van der Waals surface area contributed by atoms with E-state index in [1.54, 1.807) is 29.6 Å². The molecule has 7 rings (SSSR count). The Bertz CT molecular complexity index is 2310. The summed E-state index contributed by atoms with van der Waals surface area (Å²) < 4.78 is 2.14. The van der Waals surface area contributed by atoms with Gasteiger partial charge in [0.1, 0.15) is 4.88 Å². The predicted octanol–water partition coefficient (Wildman–Crippen LogP) is 9.31. The maximum absolute atomic E-state index is 14.2. The average Bonchev–Trinajstić information content (AvgIpc) is 3.92. The lowest BCUT2D eigenvalue weighted by atomic mass is 9.89. The van der Waals surface area contributed by atoms with Gasteiger partial charge >= 0.3 is 0 Å². The predicted molar refractivity (Wildman–Crippen MR) is 192 cm³/mol. The third kappa shape index (κ3) is 5.94. The van der Waals surface area contributed by atoms with E-state index in [1.165, 1.54) is 22.7 Å². The van der Waals surface area contributed by atoms with Crippen molar-refractivity contribution in [1.29, 1.82) is 10.5 Å². The Hall–Kier alpha value is -4.70. The van der Waals surface area contributed by atoms with Gasteiger partial charge in [-0.25, -0.2) is 0 Å². The van der Waals surface area contributed by atoms with Crippen molar-refractivity contribution in [3.63, 3.8) is 0 Å². The van der Waals surface area contributed by atoms with Gasteiger partial charge in [0.15, 0.2) is 0 Å². The summed E-state index contributed by atoms with van der Waals surface area (Å²) in [5, 5.41) is 25.3. The number of aromatic nitrogens is 1. The smallest absolute Gasteiger partial charge is 0.265 e. The highest BCUT2D eigenvalue weighted by atomic mass is 35.5. The summed E-state index contributed by atoms with van der Waals surface area (Å²) in [6.45, 7) is 1.53. The number of amides is 1. The molecule has 1 aliphatic rings. The van der Waals surface area contributed by atoms with E-state index >= 15 is 0 Å². The maximum atomic E-state index is 14.2. The Morgan fingerprint density at radius 3 is 2.40 bits per heavy atom. The van der Waals surface area contributed by atoms with Gasteiger partial charge in [0, 0.05) is 48.2 Å². The summed E-state index contributed by atoms with van der Waals surface area (Å²) >= 11 is 15.4. The molecule has 0 radical (unpaired) electrons. The molecule has 1 unspecified atom stereocenters. The number of nitrogens with zero attached hydrogens (tertiary/aromatic N) is 4. The lowest BCUT2D eigenvalue weighted by Crippen LogP contribution is -2.27. The third-order valence-corrected chi connectivity index (χ3v) is 11.6. The number of carbonyl (C=O) groups is 2. The van der Waals surface area contributed by atoms with E-state index in [4.69, 9.17) is 23.2 Å². The minimum absolute atomic E-state index is 0.0462. The van der Waals surface area contributed by atoms with Crippen molar-refractivity contribution in [3.05, 3.63) is 148 Å². The van der Waals surface area contributed by atoms with Gasteiger partial charge in [-0.05, 0) is 82.3 Å². The topological polar surface area (TPSA) is 89.9 Å². The van der Waals surface area contributed by atoms with Gasteiger partial charge in [-0.1, -0.05) is 59.6 Å². The minimum Gasteiger partial charge on any atom is -0.343 e. The number of rotatable bonds is 8. The number of benzene rings is 3. The molecule has 3 aromatic carbocycles. The quantitative estimate of drug-likeness (QED) is 0.148. The maximum Gasteiger partial charge on any atom is 0.265 e. The Balaban J connectivity index is 1.32. The molecule has 0 aliphatic carbocycles. The molecule has 48 heavy (non-hydrogen) atoms. The molecule has 4 heterocycles. The molecule has 1 aliphatic heterocycles. The number of ketones is 1. The molecular formula is C38H26Cl2N4O2S2. The van der Waals surface area contributed by atoms with Crippen LogP contribution in [0, 0.1) is 22.7 Å². The number of likely N-dealkylation sites (tertiary alicyclic amines) is 1. The summed E-state index contributed by atoms with van der Waals surface area (Å²) in [6.07, 6.45) is 3.41. The summed E-state index contributed by atoms with van der Waals surface area (Å²) in [7, 11) is 0. The van der Waals surface area contributed by atoms with E-state index in [0.29, 0.717) is 57.0 Å². The van der Waals surface area contributed by atoms with Gasteiger partial charge in [-0.2, -0.15) is 10.5 Å². The second-order valence-electron chi connectivity index (χ2n) is 11.7. The van der Waals surface area contributed by atoms with Crippen molar-refractivity contribution in [1.82, 2.24) is 9.47 Å². The largest absolute Gasteiger partial charge is 0.343 e. The second kappa shape index (κ2) is 13.4. The van der Waals surface area contributed by atoms with Crippen molar-refractivity contribution >= 4 is 68.5 Å². The van der Waals surface area contributed by atoms with Crippen LogP contribution in [0.3, 0.4) is 0 Å². The molecule has 0 saturated carbocycles. The molecule has 1 amide bonds. The highest BCUT2D eigenvalue weighted by Gasteiger charge is 2.32. The number of thiophene rings is 2. The molecular weight excluding hydrogens is 679 g/mol. The number of nitriles is 2. The van der Waals surface area contributed by atoms with E-state index in [2.05, 4.69) is 35.0 Å². The normalized spacial score (nSPS) is 14.2. The first kappa shape index (κ1) is 31.9. The van der Waals surface area contributed by atoms with Gasteiger partial charge in [0.25, 0.3) is 5.91 Å². The van der Waals surface area contributed by atoms with E-state index < -0.39 is 0 Å². The monoisotopic (exact) mass is 704 g/mol. The third-order valence-electron chi connectivity index (χ3n) is 8.91. The second-order valence-corrected chi connectivity index (χ2v) is 14.4. The van der Waals surface area contributed by atoms with Crippen molar-refractivity contribution < 1.29 is 9.59 Å². The molecule has 10 heteroatoms. The number of hydrogen-bond acceptors (Lipinski definition) is 6. The Morgan fingerprint density at radius 2 is 1.67 bits per heavy atom. The molecule has 1 atom stereocenters. The SMILES string of the molecule is N#Cc1cccc(Cc2ccc(C#N)c(C(=O)c3sccc3Cl)c2Cn2cc(C3CCN(C(=O)c4sccc4Cl)C3)c3ccccc32)c1. The van der Waals surface area contributed by atoms with Crippen LogP contribution in [0.25, 0.3) is 10.9 Å². The zero-order valence-corrected chi connectivity index (χ0v) is 28.6. The van der Waals surface area contributed by atoms with Crippen LogP contribution >= 0.6 is 45.9 Å². The Labute approximate surface area is 295 Å². The molecule has 6 nitrogen and oxygen atoms in total. The first-order valence-corrected chi connectivity index (χ1v) is 17.8. The van der Waals surface area contributed by atoms with Gasteiger partial charge in [-0.3, -0.25) is 9.59 Å². The Morgan fingerprint density at radius 1 is 0.896 bits per heavy atom. The summed E-state index contributed by atoms with van der Waals surface area (Å²) in [6, 6.07) is 27.1. The van der Waals surface area contributed by atoms with Crippen LogP contribution in [0.1, 0.15) is 70.6 Å². The molecule has 236 valence electrons. The van der Waals surface area contributed by atoms with E-state index in [1.807, 2.05) is 46.7 Å². The van der Waals surface area contributed by atoms with E-state index in [9.17, 15) is 20.1 Å². The number of fused-ring (bicyclic) bond motifs is 1. The van der Waals surface area contributed by atoms with Gasteiger partial charge < -0.3 is 9.47 Å². The summed E-state index contributed by atoms with van der Waals surface area (Å²) in [5.41, 5.74) is 5.82. The van der Waals surface area contributed by atoms with Gasteiger partial charge in [0.2, 0.25) is 5.78 Å². The van der Waals surface area contributed by atoms with Crippen LogP contribution in [0.4, 0.5) is 0 Å². The lowest BCUT2D eigenvalue weighted by Gasteiger charge is -2.18. The van der Waals surface area contributed by atoms with Crippen LogP contribution in [0.2, 0.25) is 10.0 Å². The minimum atomic E-state index is -0.289. The van der Waals surface area contributed by atoms with Crippen LogP contribution < -0.4 is 0 Å². The summed E-state index contributed by atoms with van der Waals surface area (Å²) in [4.78, 5) is 30.3. The Kier molecular flexibility index (Phi) is 8.92. The number of halogens is 2. The van der Waals surface area contributed by atoms with Crippen LogP contribution in [0.5, 0.6) is 0 Å². The van der Waals surface area contributed by atoms with Crippen molar-refractivity contribution in [2.45, 2.75) is 25.3 Å². The van der Waals surface area contributed by atoms with Crippen molar-refractivity contribution in [2.24, 2.45) is 0 Å². The molecule has 1 fully saturated rings. The molecule has 3 aromatic heterocycles. The number of para-hydroxylation sites is 1. The first-order valence-electron chi connectivity index (χ1n) is 15.3. The number of carbonyl (C=O) groups excluding carboxylic acids is 2. The number of hydrogen-bond donors (Lipinski definition) is 0. The lowest BCUT2D eigenvalue weighted by molar-refractivity contribution is 0.0795. The van der Waals surface area contributed by atoms with Gasteiger partial charge in [0.05, 0.1) is 38.2 Å². The van der Waals surface area contributed by atoms with Gasteiger partial charge in [-0.15, -0.1) is 22.7 Å². The fourth-order valence-corrected chi connectivity index (χ4v) is 8.81. The molecule has 6 aromatic rings. The van der Waals surface area contributed by atoms with Crippen molar-refractivity contribution in [3.8, 4) is 12.1 Å². The zero-order valence-electron chi connectivity index (χ0n) is 25.5. The molecule has 0 bridgehead atoms. The van der Waals surface area contributed by atoms with Crippen LogP contribution in [-0.2, 0) is 13.0 Å². The molecule has 0 N–H and O–H groups in total. The highest BCUT2D eigenvalue weighted by molar-refractivity contribution is 7.13. The van der Waals surface area contributed by atoms with Crippen molar-refractivity contribution in [2.75, 3.05) is 13.1 Å². The first-order chi connectivity index (χ1) is 23.4. The highest BCUT2D eigenvalue weighted by Crippen LogP contribution is 2.37. The fraction of sp³-hybridized carbons (Fsp3) is 0.158. The van der Waals surface area contributed by atoms with Crippen LogP contribution in [-0.4, -0.2) is 34.2 Å². The van der Waals surface area contributed by atoms with E-state index in [0.717, 1.165) is 39.6 Å². The fourth-order valence-electron chi connectivity index (χ4n) is 6.62. The molecule has 0 spiro atoms. The van der Waals surface area contributed by atoms with Crippen LogP contribution in [0.15, 0.2) is 89.8 Å². The molecule has 1 saturated heterocycles. The average molecular weight is 706 g/mol. The summed E-state index contributed by atoms with van der Waals surface area (Å²) in [5.74, 6) is -0.221. The van der Waals surface area contributed by atoms with E-state index in [-0.39, 0.29) is 23.2 Å². The zero-order chi connectivity index (χ0) is 33.4.